The molecular formula is C16H16FN3O2. The lowest BCUT2D eigenvalue weighted by Gasteiger charge is -2.06. The molecule has 5 nitrogen and oxygen atoms in total. The first kappa shape index (κ1) is 15.5. The summed E-state index contributed by atoms with van der Waals surface area (Å²) in [6.45, 7) is 0.0565. The van der Waals surface area contributed by atoms with Crippen LogP contribution >= 0.6 is 0 Å². The Bertz CT molecular complexity index is 657. The molecule has 0 radical (unpaired) electrons. The van der Waals surface area contributed by atoms with Gasteiger partial charge in [-0.3, -0.25) is 4.79 Å². The lowest BCUT2D eigenvalue weighted by Crippen LogP contribution is -2.25. The zero-order valence-corrected chi connectivity index (χ0v) is 12.0. The molecule has 0 saturated carbocycles. The smallest absolute Gasteiger partial charge is 0.259 e. The molecule has 2 N–H and O–H groups in total. The van der Waals surface area contributed by atoms with Gasteiger partial charge in [-0.15, -0.1) is 0 Å². The van der Waals surface area contributed by atoms with Crippen molar-refractivity contribution >= 4 is 17.8 Å². The molecule has 0 spiro atoms. The van der Waals surface area contributed by atoms with Crippen LogP contribution in [0.2, 0.25) is 0 Å². The molecule has 2 aromatic carbocycles. The van der Waals surface area contributed by atoms with Gasteiger partial charge >= 0.3 is 0 Å². The second kappa shape index (κ2) is 7.78. The standard InChI is InChI=1S/C16H16FN3O2/c1-22-14-8-6-13(7-9-14)18-11-16(21)20-19-10-12-4-2-3-5-15(12)17/h2-10,18H,11H2,1H3,(H,20,21)/b19-10+. The summed E-state index contributed by atoms with van der Waals surface area (Å²) in [6.07, 6.45) is 1.26. The Balaban J connectivity index is 1.79. The monoisotopic (exact) mass is 301 g/mol. The summed E-state index contributed by atoms with van der Waals surface area (Å²) in [6, 6.07) is 13.4. The Morgan fingerprint density at radius 1 is 1.23 bits per heavy atom. The van der Waals surface area contributed by atoms with Crippen LogP contribution in [-0.4, -0.2) is 25.8 Å². The number of hydrogen-bond donors (Lipinski definition) is 2. The van der Waals surface area contributed by atoms with Crippen LogP contribution < -0.4 is 15.5 Å². The van der Waals surface area contributed by atoms with Crippen molar-refractivity contribution in [3.8, 4) is 5.75 Å². The molecular weight excluding hydrogens is 285 g/mol. The number of hydrogen-bond acceptors (Lipinski definition) is 4. The van der Waals surface area contributed by atoms with Gasteiger partial charge in [0.15, 0.2) is 0 Å². The van der Waals surface area contributed by atoms with Crippen LogP contribution in [0.4, 0.5) is 10.1 Å². The number of carbonyl (C=O) groups is 1. The number of hydrazone groups is 1. The van der Waals surface area contributed by atoms with Gasteiger partial charge in [-0.25, -0.2) is 9.82 Å². The largest absolute Gasteiger partial charge is 0.497 e. The topological polar surface area (TPSA) is 62.7 Å². The Labute approximate surface area is 127 Å². The van der Waals surface area contributed by atoms with E-state index in [0.717, 1.165) is 11.4 Å². The van der Waals surface area contributed by atoms with E-state index in [0.29, 0.717) is 5.56 Å². The van der Waals surface area contributed by atoms with Crippen molar-refractivity contribution in [3.63, 3.8) is 0 Å². The predicted octanol–water partition coefficient (Wildman–Crippen LogP) is 2.40. The minimum absolute atomic E-state index is 0.0565. The second-order valence-corrected chi connectivity index (χ2v) is 4.40. The molecule has 2 rings (SSSR count). The number of benzene rings is 2. The first-order valence-corrected chi connectivity index (χ1v) is 6.63. The molecule has 114 valence electrons. The highest BCUT2D eigenvalue weighted by Crippen LogP contribution is 2.14. The molecule has 0 bridgehead atoms. The van der Waals surface area contributed by atoms with Crippen LogP contribution in [0.3, 0.4) is 0 Å². The molecule has 0 aliphatic rings. The number of anilines is 1. The fraction of sp³-hybridized carbons (Fsp3) is 0.125. The SMILES string of the molecule is COc1ccc(NCC(=O)N/N=C/c2ccccc2F)cc1. The highest BCUT2D eigenvalue weighted by molar-refractivity contribution is 5.84. The minimum Gasteiger partial charge on any atom is -0.497 e. The minimum atomic E-state index is -0.392. The van der Waals surface area contributed by atoms with Crippen molar-refractivity contribution in [1.29, 1.82) is 0 Å². The third kappa shape index (κ3) is 4.59. The summed E-state index contributed by atoms with van der Waals surface area (Å²) in [5.74, 6) is 0.0183. The van der Waals surface area contributed by atoms with E-state index in [-0.39, 0.29) is 12.5 Å². The van der Waals surface area contributed by atoms with Gasteiger partial charge in [-0.1, -0.05) is 18.2 Å². The van der Waals surface area contributed by atoms with Crippen LogP contribution in [0, 0.1) is 5.82 Å². The van der Waals surface area contributed by atoms with Crippen molar-refractivity contribution in [2.45, 2.75) is 0 Å². The number of ether oxygens (including phenoxy) is 1. The fourth-order valence-electron chi connectivity index (χ4n) is 1.68. The van der Waals surface area contributed by atoms with Crippen LogP contribution in [0.15, 0.2) is 53.6 Å². The van der Waals surface area contributed by atoms with Crippen LogP contribution in [0.25, 0.3) is 0 Å². The maximum atomic E-state index is 13.3. The van der Waals surface area contributed by atoms with Gasteiger partial charge in [-0.2, -0.15) is 5.10 Å². The van der Waals surface area contributed by atoms with Crippen LogP contribution in [0.1, 0.15) is 5.56 Å². The molecule has 0 saturated heterocycles. The Morgan fingerprint density at radius 2 is 1.95 bits per heavy atom. The normalized spacial score (nSPS) is 10.5. The molecule has 1 amide bonds. The van der Waals surface area contributed by atoms with E-state index in [1.807, 2.05) is 0 Å². The summed E-state index contributed by atoms with van der Waals surface area (Å²) in [7, 11) is 1.59. The van der Waals surface area contributed by atoms with E-state index >= 15 is 0 Å². The molecule has 0 heterocycles. The molecule has 0 aliphatic heterocycles. The number of rotatable bonds is 6. The quantitative estimate of drug-likeness (QED) is 0.636. The molecule has 0 fully saturated rings. The summed E-state index contributed by atoms with van der Waals surface area (Å²) >= 11 is 0. The van der Waals surface area contributed by atoms with Crippen molar-refractivity contribution in [2.75, 3.05) is 19.0 Å². The first-order valence-electron chi connectivity index (χ1n) is 6.63. The number of nitrogens with zero attached hydrogens (tertiary/aromatic N) is 1. The number of amides is 1. The predicted molar refractivity (Wildman–Crippen MR) is 83.6 cm³/mol. The van der Waals surface area contributed by atoms with E-state index in [4.69, 9.17) is 4.74 Å². The van der Waals surface area contributed by atoms with Crippen molar-refractivity contribution in [2.24, 2.45) is 5.10 Å². The highest BCUT2D eigenvalue weighted by Gasteiger charge is 2.00. The summed E-state index contributed by atoms with van der Waals surface area (Å²) in [5.41, 5.74) is 3.42. The molecule has 2 aromatic rings. The van der Waals surface area contributed by atoms with Gasteiger partial charge in [0.1, 0.15) is 11.6 Å². The van der Waals surface area contributed by atoms with E-state index < -0.39 is 5.82 Å². The van der Waals surface area contributed by atoms with Gasteiger partial charge in [0.05, 0.1) is 19.9 Å². The third-order valence-electron chi connectivity index (χ3n) is 2.84. The number of carbonyl (C=O) groups excluding carboxylic acids is 1. The average Bonchev–Trinajstić information content (AvgIpc) is 2.55. The van der Waals surface area contributed by atoms with Gasteiger partial charge in [0, 0.05) is 11.3 Å². The number of halogens is 1. The molecule has 0 unspecified atom stereocenters. The molecule has 22 heavy (non-hydrogen) atoms. The average molecular weight is 301 g/mol. The van der Waals surface area contributed by atoms with Crippen molar-refractivity contribution in [3.05, 3.63) is 59.9 Å². The zero-order chi connectivity index (χ0) is 15.8. The molecule has 0 aromatic heterocycles. The van der Waals surface area contributed by atoms with Crippen molar-refractivity contribution in [1.82, 2.24) is 5.43 Å². The van der Waals surface area contributed by atoms with Gasteiger partial charge in [-0.05, 0) is 30.3 Å². The summed E-state index contributed by atoms with van der Waals surface area (Å²) < 4.78 is 18.4. The highest BCUT2D eigenvalue weighted by atomic mass is 19.1. The first-order chi connectivity index (χ1) is 10.7. The van der Waals surface area contributed by atoms with Gasteiger partial charge < -0.3 is 10.1 Å². The zero-order valence-electron chi connectivity index (χ0n) is 12.0. The molecule has 0 atom stereocenters. The van der Waals surface area contributed by atoms with E-state index in [9.17, 15) is 9.18 Å². The van der Waals surface area contributed by atoms with E-state index in [1.54, 1.807) is 49.6 Å². The Morgan fingerprint density at radius 3 is 2.64 bits per heavy atom. The Hall–Kier alpha value is -2.89. The summed E-state index contributed by atoms with van der Waals surface area (Å²) in [4.78, 5) is 11.6. The maximum Gasteiger partial charge on any atom is 0.259 e. The third-order valence-corrected chi connectivity index (χ3v) is 2.84. The summed E-state index contributed by atoms with van der Waals surface area (Å²) in [5, 5.41) is 6.66. The molecule has 0 aliphatic carbocycles. The number of methoxy groups -OCH3 is 1. The van der Waals surface area contributed by atoms with Crippen LogP contribution in [-0.2, 0) is 4.79 Å². The maximum absolute atomic E-state index is 13.3. The lowest BCUT2D eigenvalue weighted by molar-refractivity contribution is -0.119. The van der Waals surface area contributed by atoms with E-state index in [1.165, 1.54) is 12.3 Å². The van der Waals surface area contributed by atoms with Gasteiger partial charge in [0.2, 0.25) is 0 Å². The van der Waals surface area contributed by atoms with Crippen molar-refractivity contribution < 1.29 is 13.9 Å². The number of nitrogens with one attached hydrogen (secondary N) is 2. The van der Waals surface area contributed by atoms with Gasteiger partial charge in [0.25, 0.3) is 5.91 Å². The molecule has 6 heteroatoms. The Kier molecular flexibility index (Phi) is 5.48. The van der Waals surface area contributed by atoms with E-state index in [2.05, 4.69) is 15.8 Å². The van der Waals surface area contributed by atoms with Crippen LogP contribution in [0.5, 0.6) is 5.75 Å². The lowest BCUT2D eigenvalue weighted by atomic mass is 10.2. The fourth-order valence-corrected chi connectivity index (χ4v) is 1.68. The second-order valence-electron chi connectivity index (χ2n) is 4.40.